The summed E-state index contributed by atoms with van der Waals surface area (Å²) in [5.74, 6) is 0.988. The topological polar surface area (TPSA) is 70.7 Å². The van der Waals surface area contributed by atoms with E-state index in [1.54, 1.807) is 18.2 Å². The molecule has 1 aliphatic rings. The molecule has 3 rings (SSSR count). The van der Waals surface area contributed by atoms with Gasteiger partial charge in [0.15, 0.2) is 0 Å². The summed E-state index contributed by atoms with van der Waals surface area (Å²) in [5.41, 5.74) is 3.23. The van der Waals surface area contributed by atoms with Gasteiger partial charge >= 0.3 is 6.03 Å². The van der Waals surface area contributed by atoms with Crippen molar-refractivity contribution in [2.24, 2.45) is 0 Å². The summed E-state index contributed by atoms with van der Waals surface area (Å²) in [6.45, 7) is 0.0561. The molecule has 0 aromatic heterocycles. The van der Waals surface area contributed by atoms with E-state index < -0.39 is 6.03 Å². The Morgan fingerprint density at radius 3 is 2.48 bits per heavy atom. The Balaban J connectivity index is 1.80. The van der Waals surface area contributed by atoms with Crippen molar-refractivity contribution in [2.45, 2.75) is 0 Å². The number of amides is 3. The van der Waals surface area contributed by atoms with Gasteiger partial charge in [-0.05, 0) is 24.3 Å². The Kier molecular flexibility index (Phi) is 3.42. The van der Waals surface area contributed by atoms with E-state index in [4.69, 9.17) is 4.74 Å². The fourth-order valence-electron chi connectivity index (χ4n) is 2.00. The second-order valence-corrected chi connectivity index (χ2v) is 4.49. The van der Waals surface area contributed by atoms with Gasteiger partial charge in [-0.15, -0.1) is 0 Å². The van der Waals surface area contributed by atoms with Crippen LogP contribution in [0.25, 0.3) is 0 Å². The zero-order valence-electron chi connectivity index (χ0n) is 11.1. The third-order valence-electron chi connectivity index (χ3n) is 2.90. The zero-order chi connectivity index (χ0) is 14.7. The molecule has 0 saturated carbocycles. The number of hydrazine groups is 1. The van der Waals surface area contributed by atoms with Gasteiger partial charge in [0.25, 0.3) is 0 Å². The van der Waals surface area contributed by atoms with Crippen molar-refractivity contribution in [3.63, 3.8) is 0 Å². The number of nitrogens with one attached hydrogen (secondary N) is 2. The molecule has 0 unspecified atom stereocenters. The van der Waals surface area contributed by atoms with E-state index in [0.717, 1.165) is 5.75 Å². The standard InChI is InChI=1S/C15H13N3O3/c19-14-10-18(17-15(20)16-14)11-5-4-8-13(9-11)21-12-6-2-1-3-7-12/h1-9H,10H2,(H2,16,17,19,20). The number of nitrogens with zero attached hydrogens (tertiary/aromatic N) is 1. The molecular weight excluding hydrogens is 270 g/mol. The summed E-state index contributed by atoms with van der Waals surface area (Å²) < 4.78 is 5.72. The summed E-state index contributed by atoms with van der Waals surface area (Å²) >= 11 is 0. The van der Waals surface area contributed by atoms with Crippen LogP contribution >= 0.6 is 0 Å². The number of carbonyl (C=O) groups is 2. The Morgan fingerprint density at radius 1 is 0.952 bits per heavy atom. The van der Waals surface area contributed by atoms with E-state index in [1.807, 2.05) is 36.4 Å². The Bertz CT molecular complexity index is 657. The molecule has 6 heteroatoms. The lowest BCUT2D eigenvalue weighted by Gasteiger charge is -2.28. The molecule has 3 amide bonds. The molecule has 0 spiro atoms. The van der Waals surface area contributed by atoms with Gasteiger partial charge in [-0.3, -0.25) is 15.1 Å². The number of anilines is 1. The van der Waals surface area contributed by atoms with Crippen molar-refractivity contribution in [1.82, 2.24) is 10.7 Å². The van der Waals surface area contributed by atoms with E-state index in [2.05, 4.69) is 10.7 Å². The van der Waals surface area contributed by atoms with Crippen LogP contribution < -0.4 is 20.5 Å². The van der Waals surface area contributed by atoms with Crippen molar-refractivity contribution < 1.29 is 14.3 Å². The van der Waals surface area contributed by atoms with Crippen molar-refractivity contribution >= 4 is 17.6 Å². The molecule has 0 radical (unpaired) electrons. The first-order valence-electron chi connectivity index (χ1n) is 6.42. The van der Waals surface area contributed by atoms with E-state index in [9.17, 15) is 9.59 Å². The lowest BCUT2D eigenvalue weighted by molar-refractivity contribution is -0.119. The number of para-hydroxylation sites is 1. The van der Waals surface area contributed by atoms with Gasteiger partial charge in [-0.25, -0.2) is 10.2 Å². The number of rotatable bonds is 3. The Morgan fingerprint density at radius 2 is 1.71 bits per heavy atom. The van der Waals surface area contributed by atoms with Gasteiger partial charge in [0.2, 0.25) is 5.91 Å². The molecule has 0 aliphatic carbocycles. The van der Waals surface area contributed by atoms with Crippen LogP contribution in [0.3, 0.4) is 0 Å². The molecule has 1 aliphatic heterocycles. The number of benzene rings is 2. The number of hydrogen-bond donors (Lipinski definition) is 2. The molecule has 2 aromatic carbocycles. The minimum absolute atomic E-state index is 0.0561. The van der Waals surface area contributed by atoms with E-state index in [-0.39, 0.29) is 12.5 Å². The minimum atomic E-state index is -0.541. The van der Waals surface area contributed by atoms with Crippen LogP contribution in [0.5, 0.6) is 11.5 Å². The average molecular weight is 283 g/mol. The summed E-state index contributed by atoms with van der Waals surface area (Å²) in [6.07, 6.45) is 0. The SMILES string of the molecule is O=C1CN(c2cccc(Oc3ccccc3)c2)NC(=O)N1. The highest BCUT2D eigenvalue weighted by Gasteiger charge is 2.22. The predicted octanol–water partition coefficient (Wildman–Crippen LogP) is 2.04. The minimum Gasteiger partial charge on any atom is -0.457 e. The summed E-state index contributed by atoms with van der Waals surface area (Å²) in [5, 5.41) is 3.64. The number of hydrogen-bond acceptors (Lipinski definition) is 4. The maximum absolute atomic E-state index is 11.4. The van der Waals surface area contributed by atoms with Crippen molar-refractivity contribution in [3.8, 4) is 11.5 Å². The Labute approximate surface area is 121 Å². The maximum Gasteiger partial charge on any atom is 0.340 e. The lowest BCUT2D eigenvalue weighted by atomic mass is 10.2. The molecule has 1 heterocycles. The predicted molar refractivity (Wildman–Crippen MR) is 77.0 cm³/mol. The molecule has 106 valence electrons. The normalized spacial score (nSPS) is 14.4. The molecule has 6 nitrogen and oxygen atoms in total. The van der Waals surface area contributed by atoms with Gasteiger partial charge in [-0.2, -0.15) is 0 Å². The molecule has 1 fully saturated rings. The van der Waals surface area contributed by atoms with Gasteiger partial charge in [0.1, 0.15) is 18.0 Å². The third-order valence-corrected chi connectivity index (χ3v) is 2.90. The highest BCUT2D eigenvalue weighted by Crippen LogP contribution is 2.25. The summed E-state index contributed by atoms with van der Waals surface area (Å²) in [4.78, 5) is 22.7. The first-order chi connectivity index (χ1) is 10.2. The van der Waals surface area contributed by atoms with Crippen molar-refractivity contribution in [2.75, 3.05) is 11.6 Å². The highest BCUT2D eigenvalue weighted by molar-refractivity contribution is 6.00. The first kappa shape index (κ1) is 13.0. The summed E-state index contributed by atoms with van der Waals surface area (Å²) in [7, 11) is 0. The smallest absolute Gasteiger partial charge is 0.340 e. The van der Waals surface area contributed by atoms with Crippen LogP contribution in [0, 0.1) is 0 Å². The molecule has 0 atom stereocenters. The Hall–Kier alpha value is -3.02. The molecule has 0 bridgehead atoms. The molecule has 2 N–H and O–H groups in total. The molecule has 21 heavy (non-hydrogen) atoms. The molecule has 2 aromatic rings. The third kappa shape index (κ3) is 3.11. The van der Waals surface area contributed by atoms with Gasteiger partial charge in [0, 0.05) is 6.07 Å². The number of carbonyl (C=O) groups excluding carboxylic acids is 2. The second kappa shape index (κ2) is 5.54. The molecular formula is C15H13N3O3. The van der Waals surface area contributed by atoms with E-state index in [0.29, 0.717) is 11.4 Å². The maximum atomic E-state index is 11.4. The second-order valence-electron chi connectivity index (χ2n) is 4.49. The number of imide groups is 1. The van der Waals surface area contributed by atoms with Crippen LogP contribution in [0.2, 0.25) is 0 Å². The zero-order valence-corrected chi connectivity index (χ0v) is 11.1. The number of ether oxygens (including phenoxy) is 1. The quantitative estimate of drug-likeness (QED) is 0.904. The van der Waals surface area contributed by atoms with E-state index in [1.165, 1.54) is 5.01 Å². The van der Waals surface area contributed by atoms with Crippen LogP contribution in [0.15, 0.2) is 54.6 Å². The van der Waals surface area contributed by atoms with Crippen LogP contribution in [-0.2, 0) is 4.79 Å². The van der Waals surface area contributed by atoms with E-state index >= 15 is 0 Å². The van der Waals surface area contributed by atoms with Crippen molar-refractivity contribution in [1.29, 1.82) is 0 Å². The molecule has 1 saturated heterocycles. The van der Waals surface area contributed by atoms with Crippen LogP contribution in [0.1, 0.15) is 0 Å². The monoisotopic (exact) mass is 283 g/mol. The largest absolute Gasteiger partial charge is 0.457 e. The first-order valence-corrected chi connectivity index (χ1v) is 6.42. The summed E-state index contributed by atoms with van der Waals surface area (Å²) in [6, 6.07) is 16.0. The van der Waals surface area contributed by atoms with Crippen LogP contribution in [0.4, 0.5) is 10.5 Å². The van der Waals surface area contributed by atoms with Crippen molar-refractivity contribution in [3.05, 3.63) is 54.6 Å². The fourth-order valence-corrected chi connectivity index (χ4v) is 2.00. The number of urea groups is 1. The fraction of sp³-hybridized carbons (Fsp3) is 0.0667. The lowest BCUT2D eigenvalue weighted by Crippen LogP contribution is -2.59. The highest BCUT2D eigenvalue weighted by atomic mass is 16.5. The van der Waals surface area contributed by atoms with Gasteiger partial charge < -0.3 is 4.74 Å². The average Bonchev–Trinajstić information content (AvgIpc) is 2.47. The van der Waals surface area contributed by atoms with Gasteiger partial charge in [0.05, 0.1) is 5.69 Å². The van der Waals surface area contributed by atoms with Gasteiger partial charge in [-0.1, -0.05) is 24.3 Å². The van der Waals surface area contributed by atoms with Crippen LogP contribution in [-0.4, -0.2) is 18.5 Å².